The first kappa shape index (κ1) is 14.8. The Labute approximate surface area is 114 Å². The predicted octanol–water partition coefficient (Wildman–Crippen LogP) is 3.51. The molecular weight excluding hydrogens is 274 g/mol. The topological polar surface area (TPSA) is 29.1 Å². The molecule has 1 saturated carbocycles. The van der Waals surface area contributed by atoms with Crippen molar-refractivity contribution in [1.29, 1.82) is 0 Å². The average Bonchev–Trinajstić information content (AvgIpc) is 2.94. The summed E-state index contributed by atoms with van der Waals surface area (Å²) in [7, 11) is 0. The van der Waals surface area contributed by atoms with E-state index in [9.17, 15) is 22.4 Å². The summed E-state index contributed by atoms with van der Waals surface area (Å²) < 4.78 is 51.4. The van der Waals surface area contributed by atoms with Gasteiger partial charge < -0.3 is 5.32 Å². The van der Waals surface area contributed by atoms with Gasteiger partial charge in [0.05, 0.1) is 5.56 Å². The number of carbonyl (C=O) groups excluding carboxylic acids is 1. The van der Waals surface area contributed by atoms with Gasteiger partial charge in [-0.2, -0.15) is 13.2 Å². The molecule has 0 aromatic heterocycles. The van der Waals surface area contributed by atoms with E-state index in [1.807, 2.05) is 13.8 Å². The number of alkyl halides is 3. The maximum Gasteiger partial charge on any atom is 0.416 e. The third-order valence-corrected chi connectivity index (χ3v) is 3.66. The van der Waals surface area contributed by atoms with Crippen LogP contribution in [0.5, 0.6) is 0 Å². The first-order chi connectivity index (χ1) is 9.11. The summed E-state index contributed by atoms with van der Waals surface area (Å²) in [5.74, 6) is -1.22. The van der Waals surface area contributed by atoms with Crippen molar-refractivity contribution in [2.75, 3.05) is 0 Å². The molecule has 6 heteroatoms. The molecule has 1 fully saturated rings. The monoisotopic (exact) mass is 289 g/mol. The number of hydrogen-bond donors (Lipinski definition) is 1. The highest BCUT2D eigenvalue weighted by Gasteiger charge is 2.50. The quantitative estimate of drug-likeness (QED) is 0.848. The van der Waals surface area contributed by atoms with Crippen molar-refractivity contribution < 1.29 is 22.4 Å². The number of hydrogen-bond acceptors (Lipinski definition) is 1. The Kier molecular flexibility index (Phi) is 3.52. The van der Waals surface area contributed by atoms with Gasteiger partial charge in [0.2, 0.25) is 5.91 Å². The molecule has 2 rings (SSSR count). The summed E-state index contributed by atoms with van der Waals surface area (Å²) in [6, 6.07) is 2.26. The van der Waals surface area contributed by atoms with Gasteiger partial charge in [-0.25, -0.2) is 4.39 Å². The van der Waals surface area contributed by atoms with Crippen molar-refractivity contribution in [3.63, 3.8) is 0 Å². The fraction of sp³-hybridized carbons (Fsp3) is 0.500. The van der Waals surface area contributed by atoms with Gasteiger partial charge in [-0.05, 0) is 35.6 Å². The molecule has 0 heterocycles. The Hall–Kier alpha value is -1.59. The number of nitrogens with one attached hydrogen (secondary N) is 1. The zero-order valence-corrected chi connectivity index (χ0v) is 11.1. The van der Waals surface area contributed by atoms with E-state index in [2.05, 4.69) is 5.32 Å². The van der Waals surface area contributed by atoms with Gasteiger partial charge in [0.25, 0.3) is 0 Å². The van der Waals surface area contributed by atoms with Gasteiger partial charge in [-0.15, -0.1) is 0 Å². The van der Waals surface area contributed by atoms with Crippen LogP contribution in [0.2, 0.25) is 0 Å². The lowest BCUT2D eigenvalue weighted by molar-refractivity contribution is -0.138. The lowest BCUT2D eigenvalue weighted by Gasteiger charge is -2.14. The lowest BCUT2D eigenvalue weighted by atomic mass is 10.1. The summed E-state index contributed by atoms with van der Waals surface area (Å²) in [4.78, 5) is 11.8. The Morgan fingerprint density at radius 3 is 2.50 bits per heavy atom. The highest BCUT2D eigenvalue weighted by molar-refractivity contribution is 5.82. The van der Waals surface area contributed by atoms with Crippen LogP contribution >= 0.6 is 0 Å². The Balaban J connectivity index is 2.09. The van der Waals surface area contributed by atoms with E-state index in [4.69, 9.17) is 0 Å². The normalized spacial score (nSPS) is 20.6. The number of amides is 1. The highest BCUT2D eigenvalue weighted by atomic mass is 19.4. The predicted molar refractivity (Wildman–Crippen MR) is 65.1 cm³/mol. The van der Waals surface area contributed by atoms with Crippen molar-refractivity contribution in [3.05, 3.63) is 35.1 Å². The molecule has 1 aliphatic rings. The summed E-state index contributed by atoms with van der Waals surface area (Å²) in [5, 5.41) is 2.45. The molecule has 1 N–H and O–H groups in total. The number of benzene rings is 1. The molecule has 1 atom stereocenters. The molecule has 1 aromatic rings. The molecule has 2 nitrogen and oxygen atoms in total. The van der Waals surface area contributed by atoms with Crippen molar-refractivity contribution in [3.8, 4) is 0 Å². The second-order valence-corrected chi connectivity index (χ2v) is 5.76. The van der Waals surface area contributed by atoms with E-state index >= 15 is 0 Å². The van der Waals surface area contributed by atoms with Gasteiger partial charge in [-0.3, -0.25) is 4.79 Å². The molecule has 0 bridgehead atoms. The fourth-order valence-corrected chi connectivity index (χ4v) is 2.21. The Bertz CT molecular complexity index is 536. The second kappa shape index (κ2) is 4.75. The van der Waals surface area contributed by atoms with Crippen LogP contribution in [-0.2, 0) is 17.5 Å². The minimum atomic E-state index is -4.56. The van der Waals surface area contributed by atoms with E-state index in [1.54, 1.807) is 0 Å². The smallest absolute Gasteiger partial charge is 0.352 e. The number of halogens is 4. The van der Waals surface area contributed by atoms with E-state index in [1.165, 1.54) is 0 Å². The standard InChI is InChI=1S/C14H15F4NO/c1-13(2)6-11(13)12(20)19-7-8-5-9(15)3-4-10(8)14(16,17)18/h3-5,11H,6-7H2,1-2H3,(H,19,20). The first-order valence-electron chi connectivity index (χ1n) is 6.24. The molecule has 1 aromatic carbocycles. The van der Waals surface area contributed by atoms with Crippen LogP contribution in [0.1, 0.15) is 31.4 Å². The molecule has 1 amide bonds. The van der Waals surface area contributed by atoms with Gasteiger partial charge >= 0.3 is 6.18 Å². The number of rotatable bonds is 3. The third kappa shape index (κ3) is 3.11. The van der Waals surface area contributed by atoms with Gasteiger partial charge in [0, 0.05) is 12.5 Å². The van der Waals surface area contributed by atoms with Crippen molar-refractivity contribution in [2.24, 2.45) is 11.3 Å². The van der Waals surface area contributed by atoms with Gasteiger partial charge in [-0.1, -0.05) is 13.8 Å². The molecule has 110 valence electrons. The minimum absolute atomic E-state index is 0.0983. The van der Waals surface area contributed by atoms with E-state index in [0.717, 1.165) is 12.1 Å². The number of carbonyl (C=O) groups is 1. The SMILES string of the molecule is CC1(C)CC1C(=O)NCc1cc(F)ccc1C(F)(F)F. The van der Waals surface area contributed by atoms with Gasteiger partial charge in [0.15, 0.2) is 0 Å². The fourth-order valence-electron chi connectivity index (χ4n) is 2.21. The Morgan fingerprint density at radius 1 is 1.40 bits per heavy atom. The molecule has 20 heavy (non-hydrogen) atoms. The zero-order valence-electron chi connectivity index (χ0n) is 11.1. The summed E-state index contributed by atoms with van der Waals surface area (Å²) in [5.41, 5.74) is -1.28. The van der Waals surface area contributed by atoms with E-state index < -0.39 is 17.6 Å². The molecule has 0 spiro atoms. The van der Waals surface area contributed by atoms with Crippen molar-refractivity contribution in [2.45, 2.75) is 33.0 Å². The van der Waals surface area contributed by atoms with E-state index in [-0.39, 0.29) is 29.3 Å². The summed E-state index contributed by atoms with van der Waals surface area (Å²) in [6.07, 6.45) is -3.85. The maximum atomic E-state index is 13.1. The molecule has 1 unspecified atom stereocenters. The maximum absolute atomic E-state index is 13.1. The van der Waals surface area contributed by atoms with Crippen LogP contribution in [0, 0.1) is 17.2 Å². The second-order valence-electron chi connectivity index (χ2n) is 5.76. The average molecular weight is 289 g/mol. The van der Waals surface area contributed by atoms with Crippen LogP contribution in [0.4, 0.5) is 17.6 Å². The largest absolute Gasteiger partial charge is 0.416 e. The summed E-state index contributed by atoms with van der Waals surface area (Å²) in [6.45, 7) is 3.51. The highest BCUT2D eigenvalue weighted by Crippen LogP contribution is 2.51. The van der Waals surface area contributed by atoms with Gasteiger partial charge in [0.1, 0.15) is 5.82 Å². The van der Waals surface area contributed by atoms with Crippen molar-refractivity contribution in [1.82, 2.24) is 5.32 Å². The molecular formula is C14H15F4NO. The first-order valence-corrected chi connectivity index (χ1v) is 6.24. The third-order valence-electron chi connectivity index (χ3n) is 3.66. The Morgan fingerprint density at radius 2 is 2.00 bits per heavy atom. The van der Waals surface area contributed by atoms with Crippen LogP contribution in [-0.4, -0.2) is 5.91 Å². The van der Waals surface area contributed by atoms with Crippen molar-refractivity contribution >= 4 is 5.91 Å². The molecule has 1 aliphatic carbocycles. The van der Waals surface area contributed by atoms with Crippen LogP contribution in [0.3, 0.4) is 0 Å². The van der Waals surface area contributed by atoms with Crippen LogP contribution in [0.25, 0.3) is 0 Å². The van der Waals surface area contributed by atoms with E-state index in [0.29, 0.717) is 12.5 Å². The zero-order chi connectivity index (χ0) is 15.1. The minimum Gasteiger partial charge on any atom is -0.352 e. The summed E-state index contributed by atoms with van der Waals surface area (Å²) >= 11 is 0. The molecule has 0 aliphatic heterocycles. The van der Waals surface area contributed by atoms with Crippen LogP contribution in [0.15, 0.2) is 18.2 Å². The lowest BCUT2D eigenvalue weighted by Crippen LogP contribution is -2.27. The molecule has 0 radical (unpaired) electrons. The van der Waals surface area contributed by atoms with Crippen LogP contribution < -0.4 is 5.32 Å². The molecule has 0 saturated heterocycles.